The molecule has 0 fully saturated rings. The van der Waals surface area contributed by atoms with Gasteiger partial charge in [-0.1, -0.05) is 79.5 Å². The fourth-order valence-corrected chi connectivity index (χ4v) is 3.94. The summed E-state index contributed by atoms with van der Waals surface area (Å²) in [7, 11) is 0. The Morgan fingerprint density at radius 2 is 1.69 bits per heavy atom. The monoisotopic (exact) mass is 361 g/mol. The van der Waals surface area contributed by atoms with E-state index in [1.165, 1.54) is 0 Å². The second-order valence-electron chi connectivity index (χ2n) is 6.60. The Morgan fingerprint density at radius 3 is 2.42 bits per heavy atom. The summed E-state index contributed by atoms with van der Waals surface area (Å²) in [6, 6.07) is 20.1. The summed E-state index contributed by atoms with van der Waals surface area (Å²) in [5.74, 6) is -0.0395. The minimum absolute atomic E-state index is 0.0395. The van der Waals surface area contributed by atoms with Crippen LogP contribution in [0.15, 0.2) is 60.7 Å². The third kappa shape index (κ3) is 2.81. The van der Waals surface area contributed by atoms with Gasteiger partial charge in [-0.2, -0.15) is 0 Å². The molecule has 0 aromatic heterocycles. The van der Waals surface area contributed by atoms with Crippen LogP contribution >= 0.6 is 11.6 Å². The van der Waals surface area contributed by atoms with Crippen LogP contribution in [0.4, 0.5) is 5.69 Å². The molecule has 1 heterocycles. The lowest BCUT2D eigenvalue weighted by Gasteiger charge is -2.12. The van der Waals surface area contributed by atoms with E-state index in [1.807, 2.05) is 48.5 Å². The maximum atomic E-state index is 13.0. The molecule has 3 aromatic carbocycles. The third-order valence-corrected chi connectivity index (χ3v) is 5.25. The number of amides is 1. The van der Waals surface area contributed by atoms with Crippen molar-refractivity contribution in [3.05, 3.63) is 76.8 Å². The Morgan fingerprint density at radius 1 is 1.00 bits per heavy atom. The zero-order valence-corrected chi connectivity index (χ0v) is 15.4. The molecule has 2 nitrogen and oxygen atoms in total. The zero-order valence-electron chi connectivity index (χ0n) is 14.7. The summed E-state index contributed by atoms with van der Waals surface area (Å²) in [6.45, 7) is 2.17. The average molecular weight is 362 g/mol. The molecule has 1 amide bonds. The molecule has 0 unspecified atom stereocenters. The van der Waals surface area contributed by atoms with Crippen LogP contribution in [0.5, 0.6) is 0 Å². The van der Waals surface area contributed by atoms with Crippen LogP contribution in [-0.2, 0) is 4.79 Å². The normalized spacial score (nSPS) is 15.1. The van der Waals surface area contributed by atoms with Crippen LogP contribution in [0.1, 0.15) is 37.3 Å². The summed E-state index contributed by atoms with van der Waals surface area (Å²) in [6.07, 6.45) is 2.99. The van der Waals surface area contributed by atoms with Crippen molar-refractivity contribution >= 4 is 45.1 Å². The number of nitrogens with one attached hydrogen (secondary N) is 1. The Kier molecular flexibility index (Phi) is 4.52. The van der Waals surface area contributed by atoms with Crippen molar-refractivity contribution in [1.29, 1.82) is 0 Å². The molecule has 4 rings (SSSR count). The number of unbranched alkanes of at least 4 members (excludes halogenated alkanes) is 1. The molecule has 130 valence electrons. The smallest absolute Gasteiger partial charge is 0.256 e. The minimum Gasteiger partial charge on any atom is -0.321 e. The number of carbonyl (C=O) groups is 1. The van der Waals surface area contributed by atoms with E-state index in [4.69, 9.17) is 11.6 Å². The highest BCUT2D eigenvalue weighted by atomic mass is 35.5. The first-order valence-corrected chi connectivity index (χ1v) is 9.40. The lowest BCUT2D eigenvalue weighted by atomic mass is 9.91. The molecule has 3 aromatic rings. The van der Waals surface area contributed by atoms with E-state index in [-0.39, 0.29) is 5.91 Å². The highest BCUT2D eigenvalue weighted by Gasteiger charge is 2.30. The quantitative estimate of drug-likeness (QED) is 0.525. The van der Waals surface area contributed by atoms with E-state index in [0.717, 1.165) is 58.0 Å². The largest absolute Gasteiger partial charge is 0.321 e. The number of carbonyl (C=O) groups excluding carboxylic acids is 1. The van der Waals surface area contributed by atoms with Gasteiger partial charge in [0.15, 0.2) is 0 Å². The summed E-state index contributed by atoms with van der Waals surface area (Å²) in [5, 5.41) is 5.72. The molecule has 0 saturated heterocycles. The third-order valence-electron chi connectivity index (χ3n) is 4.93. The number of rotatable bonds is 4. The molecule has 26 heavy (non-hydrogen) atoms. The van der Waals surface area contributed by atoms with Crippen molar-refractivity contribution < 1.29 is 4.79 Å². The number of hydrogen-bond donors (Lipinski definition) is 1. The Bertz CT molecular complexity index is 1020. The molecule has 1 aliphatic heterocycles. The summed E-state index contributed by atoms with van der Waals surface area (Å²) < 4.78 is 0. The molecule has 0 atom stereocenters. The molecule has 0 radical (unpaired) electrons. The predicted octanol–water partition coefficient (Wildman–Crippen LogP) is 6.55. The SMILES string of the molecule is CCCC/C(=C1/C(=O)Nc2c1cc(Cl)c1ccccc21)c1ccccc1. The van der Waals surface area contributed by atoms with Gasteiger partial charge in [-0.3, -0.25) is 4.79 Å². The van der Waals surface area contributed by atoms with Gasteiger partial charge in [-0.05, 0) is 30.0 Å². The lowest BCUT2D eigenvalue weighted by molar-refractivity contribution is -0.110. The molecule has 0 saturated carbocycles. The number of benzene rings is 3. The van der Waals surface area contributed by atoms with E-state index in [0.29, 0.717) is 5.02 Å². The van der Waals surface area contributed by atoms with Gasteiger partial charge in [0.2, 0.25) is 0 Å². The first-order chi connectivity index (χ1) is 12.7. The highest BCUT2D eigenvalue weighted by Crippen LogP contribution is 2.44. The van der Waals surface area contributed by atoms with Crippen molar-refractivity contribution in [3.8, 4) is 0 Å². The molecule has 1 N–H and O–H groups in total. The first kappa shape index (κ1) is 16.9. The molecule has 3 heteroatoms. The number of hydrogen-bond acceptors (Lipinski definition) is 1. The standard InChI is InChI=1S/C23H20ClNO/c1-2-3-11-16(15-9-5-4-6-10-15)21-19-14-20(24)17-12-7-8-13-18(17)22(19)25-23(21)26/h4-10,12-14H,2-3,11H2,1H3,(H,25,26)/b21-16-. The van der Waals surface area contributed by atoms with E-state index in [1.54, 1.807) is 0 Å². The molecule has 0 spiro atoms. The van der Waals surface area contributed by atoms with E-state index in [2.05, 4.69) is 24.4 Å². The van der Waals surface area contributed by atoms with Crippen LogP contribution in [0.2, 0.25) is 5.02 Å². The van der Waals surface area contributed by atoms with Crippen molar-refractivity contribution in [2.75, 3.05) is 5.32 Å². The van der Waals surface area contributed by atoms with Gasteiger partial charge in [-0.15, -0.1) is 0 Å². The second kappa shape index (κ2) is 6.97. The number of allylic oxidation sites excluding steroid dienone is 1. The maximum absolute atomic E-state index is 13.0. The van der Waals surface area contributed by atoms with Gasteiger partial charge in [0.1, 0.15) is 0 Å². The van der Waals surface area contributed by atoms with E-state index in [9.17, 15) is 4.79 Å². The number of halogens is 1. The van der Waals surface area contributed by atoms with Crippen LogP contribution < -0.4 is 5.32 Å². The van der Waals surface area contributed by atoms with Crippen molar-refractivity contribution in [1.82, 2.24) is 0 Å². The Labute approximate surface area is 158 Å². The summed E-state index contributed by atoms with van der Waals surface area (Å²) in [4.78, 5) is 13.0. The number of anilines is 1. The molecule has 0 bridgehead atoms. The molecular formula is C23H20ClNO. The van der Waals surface area contributed by atoms with Gasteiger partial charge < -0.3 is 5.32 Å². The van der Waals surface area contributed by atoms with Crippen LogP contribution in [0.3, 0.4) is 0 Å². The zero-order chi connectivity index (χ0) is 18.1. The molecule has 1 aliphatic rings. The van der Waals surface area contributed by atoms with Gasteiger partial charge in [0.25, 0.3) is 5.91 Å². The van der Waals surface area contributed by atoms with E-state index >= 15 is 0 Å². The van der Waals surface area contributed by atoms with Gasteiger partial charge in [0, 0.05) is 21.4 Å². The molecular weight excluding hydrogens is 342 g/mol. The van der Waals surface area contributed by atoms with Crippen LogP contribution in [0.25, 0.3) is 21.9 Å². The average Bonchev–Trinajstić information content (AvgIpc) is 3.00. The second-order valence-corrected chi connectivity index (χ2v) is 7.01. The lowest BCUT2D eigenvalue weighted by Crippen LogP contribution is -2.06. The Hall–Kier alpha value is -2.58. The van der Waals surface area contributed by atoms with Gasteiger partial charge >= 0.3 is 0 Å². The summed E-state index contributed by atoms with van der Waals surface area (Å²) in [5.41, 5.74) is 4.73. The van der Waals surface area contributed by atoms with Gasteiger partial charge in [0.05, 0.1) is 11.3 Å². The van der Waals surface area contributed by atoms with Gasteiger partial charge in [-0.25, -0.2) is 0 Å². The first-order valence-electron chi connectivity index (χ1n) is 9.02. The predicted molar refractivity (Wildman–Crippen MR) is 110 cm³/mol. The van der Waals surface area contributed by atoms with Crippen molar-refractivity contribution in [3.63, 3.8) is 0 Å². The minimum atomic E-state index is -0.0395. The van der Waals surface area contributed by atoms with Crippen LogP contribution in [-0.4, -0.2) is 5.91 Å². The molecule has 0 aliphatic carbocycles. The fourth-order valence-electron chi connectivity index (χ4n) is 3.67. The Balaban J connectivity index is 2.00. The maximum Gasteiger partial charge on any atom is 0.256 e. The van der Waals surface area contributed by atoms with Crippen LogP contribution in [0, 0.1) is 0 Å². The topological polar surface area (TPSA) is 29.1 Å². The van der Waals surface area contributed by atoms with Crippen molar-refractivity contribution in [2.45, 2.75) is 26.2 Å². The highest BCUT2D eigenvalue weighted by molar-refractivity contribution is 6.42. The van der Waals surface area contributed by atoms with E-state index < -0.39 is 0 Å². The van der Waals surface area contributed by atoms with Crippen molar-refractivity contribution in [2.24, 2.45) is 0 Å². The summed E-state index contributed by atoms with van der Waals surface area (Å²) >= 11 is 6.55. The number of fused-ring (bicyclic) bond motifs is 3. The fraction of sp³-hybridized carbons (Fsp3) is 0.174.